The summed E-state index contributed by atoms with van der Waals surface area (Å²) in [6.07, 6.45) is 6.97. The van der Waals surface area contributed by atoms with Crippen molar-refractivity contribution in [1.82, 2.24) is 0 Å². The van der Waals surface area contributed by atoms with Crippen molar-refractivity contribution >= 4 is 23.2 Å². The second kappa shape index (κ2) is 8.64. The third kappa shape index (κ3) is 5.05. The molecule has 1 aromatic carbocycles. The lowest BCUT2D eigenvalue weighted by Gasteiger charge is -2.25. The van der Waals surface area contributed by atoms with E-state index >= 15 is 0 Å². The molecule has 2 saturated carbocycles. The number of nitrogens with two attached hydrogens (primary N) is 2. The highest BCUT2D eigenvalue weighted by molar-refractivity contribution is 5.95. The molecule has 0 bridgehead atoms. The Bertz CT molecular complexity index is 581. The maximum Gasteiger partial charge on any atom is 0.227 e. The summed E-state index contributed by atoms with van der Waals surface area (Å²) in [6.45, 7) is 0. The van der Waals surface area contributed by atoms with Crippen molar-refractivity contribution in [2.75, 3.05) is 10.6 Å². The minimum absolute atomic E-state index is 0.0273. The van der Waals surface area contributed by atoms with Crippen LogP contribution in [0.15, 0.2) is 24.3 Å². The summed E-state index contributed by atoms with van der Waals surface area (Å²) < 4.78 is 0. The van der Waals surface area contributed by atoms with Gasteiger partial charge in [0, 0.05) is 35.3 Å². The molecule has 0 spiro atoms. The van der Waals surface area contributed by atoms with Crippen LogP contribution in [0.1, 0.15) is 51.4 Å². The molecule has 0 aliphatic heterocycles. The number of anilines is 2. The first-order valence-electron chi connectivity index (χ1n) is 9.74. The minimum Gasteiger partial charge on any atom is -0.328 e. The Hall–Kier alpha value is -1.92. The molecule has 6 heteroatoms. The lowest BCUT2D eigenvalue weighted by Crippen LogP contribution is -2.32. The van der Waals surface area contributed by atoms with Crippen LogP contribution in [0.25, 0.3) is 0 Å². The first kappa shape index (κ1) is 18.9. The quantitative estimate of drug-likeness (QED) is 0.663. The Kier molecular flexibility index (Phi) is 6.27. The predicted molar refractivity (Wildman–Crippen MR) is 104 cm³/mol. The van der Waals surface area contributed by atoms with Crippen LogP contribution < -0.4 is 22.1 Å². The van der Waals surface area contributed by atoms with Crippen LogP contribution in [0.5, 0.6) is 0 Å². The predicted octanol–water partition coefficient (Wildman–Crippen LogP) is 2.60. The standard InChI is InChI=1S/C20H30N4O2/c21-15-8-4-13(5-9-15)19(25)23-17-2-1-3-18(12-17)24-20(26)14-6-10-16(22)11-7-14/h1-3,12-16H,4-11,21-22H2,(H,23,25)(H,24,26). The summed E-state index contributed by atoms with van der Waals surface area (Å²) in [5.74, 6) is 0.141. The number of benzene rings is 1. The fraction of sp³-hybridized carbons (Fsp3) is 0.600. The Morgan fingerprint density at radius 3 is 1.50 bits per heavy atom. The first-order chi connectivity index (χ1) is 12.5. The molecular weight excluding hydrogens is 328 g/mol. The van der Waals surface area contributed by atoms with E-state index in [-0.39, 0.29) is 35.7 Å². The normalized spacial score (nSPS) is 29.0. The molecule has 2 amide bonds. The molecule has 2 aliphatic rings. The summed E-state index contributed by atoms with van der Waals surface area (Å²) in [4.78, 5) is 24.9. The van der Waals surface area contributed by atoms with Gasteiger partial charge in [0.25, 0.3) is 0 Å². The molecule has 1 aromatic rings. The minimum atomic E-state index is 0.0273. The second-order valence-electron chi connectivity index (χ2n) is 7.78. The van der Waals surface area contributed by atoms with E-state index < -0.39 is 0 Å². The Morgan fingerprint density at radius 2 is 1.12 bits per heavy atom. The highest BCUT2D eigenvalue weighted by Gasteiger charge is 2.26. The summed E-state index contributed by atoms with van der Waals surface area (Å²) >= 11 is 0. The van der Waals surface area contributed by atoms with Crippen molar-refractivity contribution in [3.63, 3.8) is 0 Å². The van der Waals surface area contributed by atoms with E-state index in [1.165, 1.54) is 0 Å². The van der Waals surface area contributed by atoms with Gasteiger partial charge in [-0.1, -0.05) is 6.07 Å². The Balaban J connectivity index is 1.54. The highest BCUT2D eigenvalue weighted by Crippen LogP contribution is 2.27. The van der Waals surface area contributed by atoms with Gasteiger partial charge in [0.15, 0.2) is 0 Å². The third-order valence-electron chi connectivity index (χ3n) is 5.68. The molecule has 26 heavy (non-hydrogen) atoms. The average molecular weight is 358 g/mol. The molecule has 6 N–H and O–H groups in total. The van der Waals surface area contributed by atoms with Crippen molar-refractivity contribution in [3.8, 4) is 0 Å². The van der Waals surface area contributed by atoms with E-state index in [1.807, 2.05) is 24.3 Å². The number of rotatable bonds is 4. The zero-order valence-electron chi connectivity index (χ0n) is 15.2. The van der Waals surface area contributed by atoms with Gasteiger partial charge in [0.1, 0.15) is 0 Å². The van der Waals surface area contributed by atoms with Crippen LogP contribution in [-0.2, 0) is 9.59 Å². The van der Waals surface area contributed by atoms with Gasteiger partial charge in [-0.2, -0.15) is 0 Å². The fourth-order valence-electron chi connectivity index (χ4n) is 3.93. The van der Waals surface area contributed by atoms with Crippen LogP contribution >= 0.6 is 0 Å². The number of amides is 2. The number of carbonyl (C=O) groups excluding carboxylic acids is 2. The molecule has 0 radical (unpaired) electrons. The second-order valence-corrected chi connectivity index (χ2v) is 7.78. The fourth-order valence-corrected chi connectivity index (χ4v) is 3.93. The van der Waals surface area contributed by atoms with Gasteiger partial charge in [-0.3, -0.25) is 9.59 Å². The molecular formula is C20H30N4O2. The Labute approximate surface area is 155 Å². The monoisotopic (exact) mass is 358 g/mol. The maximum atomic E-state index is 12.4. The maximum absolute atomic E-state index is 12.4. The van der Waals surface area contributed by atoms with Gasteiger partial charge >= 0.3 is 0 Å². The van der Waals surface area contributed by atoms with Gasteiger partial charge in [0.2, 0.25) is 11.8 Å². The molecule has 3 rings (SSSR count). The summed E-state index contributed by atoms with van der Waals surface area (Å²) in [7, 11) is 0. The van der Waals surface area contributed by atoms with Crippen molar-refractivity contribution in [3.05, 3.63) is 24.3 Å². The van der Waals surface area contributed by atoms with E-state index in [1.54, 1.807) is 0 Å². The van der Waals surface area contributed by atoms with E-state index in [2.05, 4.69) is 10.6 Å². The third-order valence-corrected chi connectivity index (χ3v) is 5.68. The van der Waals surface area contributed by atoms with Crippen molar-refractivity contribution in [2.24, 2.45) is 23.3 Å². The molecule has 142 valence electrons. The molecule has 0 saturated heterocycles. The lowest BCUT2D eigenvalue weighted by molar-refractivity contribution is -0.121. The molecule has 2 fully saturated rings. The Morgan fingerprint density at radius 1 is 0.731 bits per heavy atom. The van der Waals surface area contributed by atoms with Crippen LogP contribution in [0.4, 0.5) is 11.4 Å². The molecule has 0 aromatic heterocycles. The van der Waals surface area contributed by atoms with Crippen LogP contribution in [0.2, 0.25) is 0 Å². The van der Waals surface area contributed by atoms with E-state index in [9.17, 15) is 9.59 Å². The summed E-state index contributed by atoms with van der Waals surface area (Å²) in [5.41, 5.74) is 13.2. The topological polar surface area (TPSA) is 110 Å². The van der Waals surface area contributed by atoms with Gasteiger partial charge in [0.05, 0.1) is 0 Å². The van der Waals surface area contributed by atoms with Gasteiger partial charge in [-0.25, -0.2) is 0 Å². The summed E-state index contributed by atoms with van der Waals surface area (Å²) in [6, 6.07) is 7.82. The van der Waals surface area contributed by atoms with Crippen LogP contribution in [0, 0.1) is 11.8 Å². The number of nitrogens with one attached hydrogen (secondary N) is 2. The number of hydrogen-bond donors (Lipinski definition) is 4. The van der Waals surface area contributed by atoms with Crippen molar-refractivity contribution in [1.29, 1.82) is 0 Å². The van der Waals surface area contributed by atoms with Gasteiger partial charge < -0.3 is 22.1 Å². The molecule has 0 atom stereocenters. The number of carbonyl (C=O) groups is 2. The SMILES string of the molecule is NC1CCC(C(=O)Nc2cccc(NC(=O)C3CCC(N)CC3)c2)CC1. The van der Waals surface area contributed by atoms with Crippen LogP contribution in [0.3, 0.4) is 0 Å². The zero-order valence-corrected chi connectivity index (χ0v) is 15.2. The van der Waals surface area contributed by atoms with Crippen molar-refractivity contribution in [2.45, 2.75) is 63.5 Å². The van der Waals surface area contributed by atoms with Gasteiger partial charge in [-0.15, -0.1) is 0 Å². The smallest absolute Gasteiger partial charge is 0.227 e. The van der Waals surface area contributed by atoms with Crippen molar-refractivity contribution < 1.29 is 9.59 Å². The molecule has 2 aliphatic carbocycles. The van der Waals surface area contributed by atoms with Crippen LogP contribution in [-0.4, -0.2) is 23.9 Å². The van der Waals surface area contributed by atoms with E-state index in [0.29, 0.717) is 11.4 Å². The summed E-state index contributed by atoms with van der Waals surface area (Å²) in [5, 5.41) is 5.96. The number of hydrogen-bond acceptors (Lipinski definition) is 4. The van der Waals surface area contributed by atoms with E-state index in [4.69, 9.17) is 11.5 Å². The molecule has 0 heterocycles. The van der Waals surface area contributed by atoms with E-state index in [0.717, 1.165) is 51.4 Å². The molecule has 0 unspecified atom stereocenters. The lowest BCUT2D eigenvalue weighted by atomic mass is 9.86. The zero-order chi connectivity index (χ0) is 18.5. The highest BCUT2D eigenvalue weighted by atomic mass is 16.2. The average Bonchev–Trinajstić information content (AvgIpc) is 2.63. The molecule has 6 nitrogen and oxygen atoms in total. The van der Waals surface area contributed by atoms with Gasteiger partial charge in [-0.05, 0) is 69.6 Å². The largest absolute Gasteiger partial charge is 0.328 e. The first-order valence-corrected chi connectivity index (χ1v) is 9.74.